The molecule has 8 heteroatoms. The fourth-order valence-corrected chi connectivity index (χ4v) is 3.54. The molecule has 1 N–H and O–H groups in total. The second kappa shape index (κ2) is 10.3. The third-order valence-electron chi connectivity index (χ3n) is 4.99. The molecule has 1 aromatic heterocycles. The zero-order valence-corrected chi connectivity index (χ0v) is 17.7. The Balaban J connectivity index is 1.82. The van der Waals surface area contributed by atoms with Crippen molar-refractivity contribution >= 4 is 23.2 Å². The zero-order chi connectivity index (χ0) is 21.5. The standard InChI is InChI=1S/C22H29N3O5/c1-24(2)19-9-8-17(23-22(27)20-7-5-11-30-20)12-16(19)13-25(21(26)15-28-3)14-18-6-4-10-29-18/h5,7-9,11-12,18H,4,6,10,13-15H2,1-3H3,(H,23,27)/t18-/m1/s1. The van der Waals surface area contributed by atoms with Crippen LogP contribution in [0.2, 0.25) is 0 Å². The van der Waals surface area contributed by atoms with E-state index < -0.39 is 0 Å². The first-order chi connectivity index (χ1) is 14.5. The second-order valence-corrected chi connectivity index (χ2v) is 7.51. The van der Waals surface area contributed by atoms with Gasteiger partial charge in [0.05, 0.1) is 12.4 Å². The molecule has 3 rings (SSSR count). The van der Waals surface area contributed by atoms with E-state index in [1.165, 1.54) is 13.4 Å². The van der Waals surface area contributed by atoms with Crippen LogP contribution in [-0.2, 0) is 20.8 Å². The summed E-state index contributed by atoms with van der Waals surface area (Å²) < 4.78 is 16.0. The molecule has 1 aliphatic rings. The van der Waals surface area contributed by atoms with Crippen molar-refractivity contribution in [2.24, 2.45) is 0 Å². The smallest absolute Gasteiger partial charge is 0.291 e. The minimum atomic E-state index is -0.324. The highest BCUT2D eigenvalue weighted by Crippen LogP contribution is 2.26. The summed E-state index contributed by atoms with van der Waals surface area (Å²) in [5, 5.41) is 2.85. The lowest BCUT2D eigenvalue weighted by molar-refractivity contribution is -0.137. The molecule has 0 radical (unpaired) electrons. The molecule has 2 aromatic rings. The lowest BCUT2D eigenvalue weighted by atomic mass is 10.1. The normalized spacial score (nSPS) is 15.8. The quantitative estimate of drug-likeness (QED) is 0.678. The van der Waals surface area contributed by atoms with Crippen molar-refractivity contribution < 1.29 is 23.5 Å². The number of rotatable bonds is 9. The van der Waals surface area contributed by atoms with Gasteiger partial charge in [-0.2, -0.15) is 0 Å². The maximum atomic E-state index is 12.7. The molecule has 1 atom stereocenters. The molecule has 1 aromatic carbocycles. The monoisotopic (exact) mass is 415 g/mol. The van der Waals surface area contributed by atoms with E-state index in [2.05, 4.69) is 5.32 Å². The van der Waals surface area contributed by atoms with Crippen LogP contribution >= 0.6 is 0 Å². The van der Waals surface area contributed by atoms with Gasteiger partial charge in [-0.25, -0.2) is 0 Å². The molecule has 0 saturated carbocycles. The van der Waals surface area contributed by atoms with Crippen LogP contribution in [0.5, 0.6) is 0 Å². The Labute approximate surface area is 176 Å². The van der Waals surface area contributed by atoms with Crippen molar-refractivity contribution in [1.82, 2.24) is 4.90 Å². The van der Waals surface area contributed by atoms with Gasteiger partial charge >= 0.3 is 0 Å². The maximum absolute atomic E-state index is 12.7. The van der Waals surface area contributed by atoms with Crippen LogP contribution in [-0.4, -0.2) is 63.8 Å². The minimum absolute atomic E-state index is 0.0128. The summed E-state index contributed by atoms with van der Waals surface area (Å²) in [5.41, 5.74) is 2.52. The number of methoxy groups -OCH3 is 1. The molecule has 0 unspecified atom stereocenters. The number of benzene rings is 1. The van der Waals surface area contributed by atoms with Crippen LogP contribution in [0.3, 0.4) is 0 Å². The van der Waals surface area contributed by atoms with Crippen LogP contribution in [0.25, 0.3) is 0 Å². The number of carbonyl (C=O) groups excluding carboxylic acids is 2. The molecule has 2 heterocycles. The molecule has 2 amide bonds. The average molecular weight is 415 g/mol. The van der Waals surface area contributed by atoms with Crippen LogP contribution in [0.15, 0.2) is 41.0 Å². The number of nitrogens with one attached hydrogen (secondary N) is 1. The molecule has 1 fully saturated rings. The lowest BCUT2D eigenvalue weighted by Crippen LogP contribution is -2.39. The number of anilines is 2. The number of hydrogen-bond donors (Lipinski definition) is 1. The summed E-state index contributed by atoms with van der Waals surface area (Å²) in [7, 11) is 5.40. The van der Waals surface area contributed by atoms with Crippen molar-refractivity contribution in [2.75, 3.05) is 51.2 Å². The Morgan fingerprint density at radius 2 is 2.10 bits per heavy atom. The van der Waals surface area contributed by atoms with Gasteiger partial charge in [-0.15, -0.1) is 0 Å². The van der Waals surface area contributed by atoms with E-state index >= 15 is 0 Å². The Kier molecular flexibility index (Phi) is 7.48. The van der Waals surface area contributed by atoms with E-state index in [0.29, 0.717) is 18.8 Å². The van der Waals surface area contributed by atoms with Crippen molar-refractivity contribution in [1.29, 1.82) is 0 Å². The second-order valence-electron chi connectivity index (χ2n) is 7.51. The molecule has 162 valence electrons. The fourth-order valence-electron chi connectivity index (χ4n) is 3.54. The zero-order valence-electron chi connectivity index (χ0n) is 17.7. The summed E-state index contributed by atoms with van der Waals surface area (Å²) >= 11 is 0. The summed E-state index contributed by atoms with van der Waals surface area (Å²) in [5.74, 6) is -0.179. The van der Waals surface area contributed by atoms with E-state index in [4.69, 9.17) is 13.9 Å². The van der Waals surface area contributed by atoms with Gasteiger partial charge in [0.2, 0.25) is 5.91 Å². The summed E-state index contributed by atoms with van der Waals surface area (Å²) in [6.07, 6.45) is 3.44. The van der Waals surface area contributed by atoms with Gasteiger partial charge < -0.3 is 29.0 Å². The topological polar surface area (TPSA) is 84.2 Å². The van der Waals surface area contributed by atoms with E-state index in [0.717, 1.165) is 30.7 Å². The van der Waals surface area contributed by atoms with E-state index in [9.17, 15) is 9.59 Å². The van der Waals surface area contributed by atoms with Crippen LogP contribution in [0.4, 0.5) is 11.4 Å². The van der Waals surface area contributed by atoms with Gasteiger partial charge in [-0.05, 0) is 48.7 Å². The SMILES string of the molecule is COCC(=O)N(Cc1cc(NC(=O)c2ccco2)ccc1N(C)C)C[C@H]1CCCO1. The minimum Gasteiger partial charge on any atom is -0.459 e. The Morgan fingerprint density at radius 1 is 1.27 bits per heavy atom. The summed E-state index contributed by atoms with van der Waals surface area (Å²) in [4.78, 5) is 28.8. The van der Waals surface area contributed by atoms with Crippen molar-refractivity contribution in [3.05, 3.63) is 47.9 Å². The van der Waals surface area contributed by atoms with Crippen molar-refractivity contribution in [3.63, 3.8) is 0 Å². The average Bonchev–Trinajstić information content (AvgIpc) is 3.42. The van der Waals surface area contributed by atoms with Gasteiger partial charge in [0.1, 0.15) is 6.61 Å². The third kappa shape index (κ3) is 5.61. The third-order valence-corrected chi connectivity index (χ3v) is 4.99. The fraction of sp³-hybridized carbons (Fsp3) is 0.455. The number of hydrogen-bond acceptors (Lipinski definition) is 6. The van der Waals surface area contributed by atoms with Gasteiger partial charge in [-0.1, -0.05) is 0 Å². The molecule has 1 saturated heterocycles. The van der Waals surface area contributed by atoms with E-state index in [1.54, 1.807) is 17.0 Å². The number of ether oxygens (including phenoxy) is 2. The molecular formula is C22H29N3O5. The van der Waals surface area contributed by atoms with Crippen LogP contribution in [0.1, 0.15) is 29.0 Å². The molecule has 0 spiro atoms. The predicted molar refractivity (Wildman–Crippen MR) is 114 cm³/mol. The number of nitrogens with zero attached hydrogens (tertiary/aromatic N) is 2. The first-order valence-electron chi connectivity index (χ1n) is 10.0. The molecule has 8 nitrogen and oxygen atoms in total. The highest BCUT2D eigenvalue weighted by Gasteiger charge is 2.24. The predicted octanol–water partition coefficient (Wildman–Crippen LogP) is 2.75. The van der Waals surface area contributed by atoms with Crippen molar-refractivity contribution in [2.45, 2.75) is 25.5 Å². The Morgan fingerprint density at radius 3 is 2.73 bits per heavy atom. The molecule has 1 aliphatic heterocycles. The van der Waals surface area contributed by atoms with Crippen LogP contribution < -0.4 is 10.2 Å². The van der Waals surface area contributed by atoms with Crippen molar-refractivity contribution in [3.8, 4) is 0 Å². The maximum Gasteiger partial charge on any atom is 0.291 e. The highest BCUT2D eigenvalue weighted by molar-refractivity contribution is 6.02. The Bertz CT molecular complexity index is 844. The summed E-state index contributed by atoms with van der Waals surface area (Å²) in [6.45, 7) is 1.64. The molecule has 30 heavy (non-hydrogen) atoms. The first-order valence-corrected chi connectivity index (χ1v) is 10.0. The highest BCUT2D eigenvalue weighted by atomic mass is 16.5. The number of amides is 2. The molecule has 0 bridgehead atoms. The largest absolute Gasteiger partial charge is 0.459 e. The van der Waals surface area contributed by atoms with Crippen LogP contribution in [0, 0.1) is 0 Å². The number of carbonyl (C=O) groups is 2. The summed E-state index contributed by atoms with van der Waals surface area (Å²) in [6, 6.07) is 8.93. The van der Waals surface area contributed by atoms with Gasteiger partial charge in [0, 0.05) is 52.3 Å². The van der Waals surface area contributed by atoms with Gasteiger partial charge in [-0.3, -0.25) is 9.59 Å². The molecular weight excluding hydrogens is 386 g/mol. The van der Waals surface area contributed by atoms with E-state index in [-0.39, 0.29) is 30.3 Å². The molecule has 0 aliphatic carbocycles. The van der Waals surface area contributed by atoms with Gasteiger partial charge in [0.15, 0.2) is 5.76 Å². The Hall–Kier alpha value is -2.84. The lowest BCUT2D eigenvalue weighted by Gasteiger charge is -2.28. The van der Waals surface area contributed by atoms with Gasteiger partial charge in [0.25, 0.3) is 5.91 Å². The first kappa shape index (κ1) is 21.9. The number of furan rings is 1. The van der Waals surface area contributed by atoms with E-state index in [1.807, 2.05) is 37.2 Å².